The number of hydrogen-bond donors (Lipinski definition) is 2. The maximum absolute atomic E-state index is 12.1. The minimum atomic E-state index is -4.96. The molecule has 0 radical (unpaired) electrons. The number of carbonyl (C=O) groups excluding carboxylic acids is 1. The molecule has 0 spiro atoms. The zero-order valence-electron chi connectivity index (χ0n) is 8.99. The fraction of sp³-hybridized carbons (Fsp3) is 0.0833. The van der Waals surface area contributed by atoms with Gasteiger partial charge >= 0.3 is 10.1 Å². The highest BCUT2D eigenvalue weighted by atomic mass is 32.2. The minimum Gasteiger partial charge on any atom is -0.363 e. The van der Waals surface area contributed by atoms with E-state index in [1.165, 1.54) is 18.2 Å². The van der Waals surface area contributed by atoms with Crippen LogP contribution in [0.2, 0.25) is 0 Å². The van der Waals surface area contributed by atoms with Crippen molar-refractivity contribution in [3.8, 4) is 0 Å². The van der Waals surface area contributed by atoms with E-state index in [4.69, 9.17) is 0 Å². The van der Waals surface area contributed by atoms with Crippen LogP contribution in [0.15, 0.2) is 36.4 Å². The van der Waals surface area contributed by atoms with E-state index in [9.17, 15) is 22.9 Å². The topological polar surface area (TPSA) is 91.7 Å². The van der Waals surface area contributed by atoms with Gasteiger partial charge in [-0.25, -0.2) is 0 Å². The van der Waals surface area contributed by atoms with E-state index < -0.39 is 20.8 Å². The molecule has 0 saturated heterocycles. The van der Waals surface area contributed by atoms with Gasteiger partial charge in [-0.05, 0) is 5.39 Å². The number of aliphatic hydroxyl groups is 1. The van der Waals surface area contributed by atoms with Crippen molar-refractivity contribution >= 4 is 26.7 Å². The smallest absolute Gasteiger partial charge is 0.307 e. The summed E-state index contributed by atoms with van der Waals surface area (Å²) >= 11 is 0. The Balaban J connectivity index is 2.55. The lowest BCUT2D eigenvalue weighted by atomic mass is 10.1. The molecule has 1 unspecified atom stereocenters. The molecule has 0 fully saturated rings. The third-order valence-corrected chi connectivity index (χ3v) is 4.35. The Labute approximate surface area is 102 Å². The molecule has 2 aromatic rings. The number of ketones is 1. The fourth-order valence-electron chi connectivity index (χ4n) is 2.37. The van der Waals surface area contributed by atoms with Crippen LogP contribution in [-0.2, 0) is 15.1 Å². The van der Waals surface area contributed by atoms with Crippen LogP contribution in [0.5, 0.6) is 0 Å². The maximum atomic E-state index is 12.1. The third-order valence-electron chi connectivity index (χ3n) is 3.20. The summed E-state index contributed by atoms with van der Waals surface area (Å²) in [7, 11) is -4.96. The quantitative estimate of drug-likeness (QED) is 0.752. The maximum Gasteiger partial charge on any atom is 0.307 e. The monoisotopic (exact) mass is 264 g/mol. The summed E-state index contributed by atoms with van der Waals surface area (Å²) < 4.78 is 31.9. The van der Waals surface area contributed by atoms with Crippen molar-refractivity contribution in [2.45, 2.75) is 4.93 Å². The summed E-state index contributed by atoms with van der Waals surface area (Å²) in [6.45, 7) is 0. The first kappa shape index (κ1) is 11.3. The van der Waals surface area contributed by atoms with Gasteiger partial charge in [0.25, 0.3) is 4.93 Å². The molecule has 1 aliphatic rings. The number of carbonyl (C=O) groups is 1. The molecular formula is C12H8O5S. The highest BCUT2D eigenvalue weighted by Crippen LogP contribution is 2.43. The third kappa shape index (κ3) is 1.12. The van der Waals surface area contributed by atoms with Crippen LogP contribution in [0.4, 0.5) is 0 Å². The van der Waals surface area contributed by atoms with Crippen molar-refractivity contribution in [1.82, 2.24) is 0 Å². The van der Waals surface area contributed by atoms with E-state index in [2.05, 4.69) is 0 Å². The van der Waals surface area contributed by atoms with Crippen LogP contribution in [-0.4, -0.2) is 23.9 Å². The van der Waals surface area contributed by atoms with Gasteiger partial charge in [0.05, 0.1) is 0 Å². The number of hydrogen-bond acceptors (Lipinski definition) is 4. The lowest BCUT2D eigenvalue weighted by Gasteiger charge is -2.18. The fourth-order valence-corrected chi connectivity index (χ4v) is 3.17. The lowest BCUT2D eigenvalue weighted by molar-refractivity contribution is 0.0627. The molecule has 3 rings (SSSR count). The summed E-state index contributed by atoms with van der Waals surface area (Å²) in [6, 6.07) is 9.27. The van der Waals surface area contributed by atoms with Crippen LogP contribution in [0.1, 0.15) is 15.9 Å². The van der Waals surface area contributed by atoms with E-state index in [0.717, 1.165) is 0 Å². The van der Waals surface area contributed by atoms with E-state index in [1.54, 1.807) is 18.2 Å². The molecule has 1 aliphatic carbocycles. The van der Waals surface area contributed by atoms with Crippen molar-refractivity contribution < 1.29 is 22.9 Å². The molecule has 1 atom stereocenters. The second-order valence-electron chi connectivity index (χ2n) is 4.16. The van der Waals surface area contributed by atoms with Crippen molar-refractivity contribution in [3.63, 3.8) is 0 Å². The van der Waals surface area contributed by atoms with Gasteiger partial charge in [-0.3, -0.25) is 9.35 Å². The Morgan fingerprint density at radius 3 is 2.28 bits per heavy atom. The highest BCUT2D eigenvalue weighted by molar-refractivity contribution is 7.87. The molecule has 2 aromatic carbocycles. The minimum absolute atomic E-state index is 0.0944. The average Bonchev–Trinajstić information content (AvgIpc) is 2.55. The predicted octanol–water partition coefficient (Wildman–Crippen LogP) is 1.07. The zero-order valence-corrected chi connectivity index (χ0v) is 9.81. The molecular weight excluding hydrogens is 256 g/mol. The van der Waals surface area contributed by atoms with Gasteiger partial charge < -0.3 is 5.11 Å². The summed E-state index contributed by atoms with van der Waals surface area (Å²) in [5.74, 6) is -1.02. The largest absolute Gasteiger partial charge is 0.363 e. The van der Waals surface area contributed by atoms with Crippen LogP contribution in [0, 0.1) is 0 Å². The van der Waals surface area contributed by atoms with Gasteiger partial charge in [-0.1, -0.05) is 36.4 Å². The van der Waals surface area contributed by atoms with E-state index in [1.807, 2.05) is 0 Å². The molecule has 5 nitrogen and oxygen atoms in total. The van der Waals surface area contributed by atoms with Crippen LogP contribution >= 0.6 is 0 Å². The Hall–Kier alpha value is -1.76. The average molecular weight is 264 g/mol. The van der Waals surface area contributed by atoms with Crippen LogP contribution in [0.3, 0.4) is 0 Å². The number of Topliss-reactive ketones (excluding diaryl/α,β-unsaturated/α-hetero) is 1. The van der Waals surface area contributed by atoms with Gasteiger partial charge in [-0.15, -0.1) is 0 Å². The molecule has 0 bridgehead atoms. The first-order chi connectivity index (χ1) is 8.37. The molecule has 0 saturated carbocycles. The SMILES string of the molecule is O=C1c2cccc3cccc(c23)C1(O)S(=O)(=O)O. The molecule has 0 aliphatic heterocycles. The molecule has 6 heteroatoms. The Bertz CT molecular complexity index is 788. The van der Waals surface area contributed by atoms with Gasteiger partial charge in [0.2, 0.25) is 5.78 Å². The van der Waals surface area contributed by atoms with Crippen molar-refractivity contribution in [3.05, 3.63) is 47.5 Å². The molecule has 0 amide bonds. The second kappa shape index (κ2) is 3.17. The van der Waals surface area contributed by atoms with Crippen molar-refractivity contribution in [2.24, 2.45) is 0 Å². The summed E-state index contributed by atoms with van der Waals surface area (Å²) in [5.41, 5.74) is 0.00586. The van der Waals surface area contributed by atoms with Crippen LogP contribution in [0.25, 0.3) is 10.8 Å². The summed E-state index contributed by atoms with van der Waals surface area (Å²) in [4.78, 5) is 9.16. The molecule has 2 N–H and O–H groups in total. The Kier molecular flexibility index (Phi) is 1.99. The Morgan fingerprint density at radius 1 is 1.06 bits per heavy atom. The molecule has 0 aromatic heterocycles. The van der Waals surface area contributed by atoms with Gasteiger partial charge in [-0.2, -0.15) is 8.42 Å². The van der Waals surface area contributed by atoms with Crippen LogP contribution < -0.4 is 0 Å². The summed E-state index contributed by atoms with van der Waals surface area (Å²) in [6.07, 6.45) is 0. The van der Waals surface area contributed by atoms with E-state index in [-0.39, 0.29) is 11.1 Å². The second-order valence-corrected chi connectivity index (χ2v) is 5.70. The summed E-state index contributed by atoms with van der Waals surface area (Å²) in [5, 5.41) is 11.1. The van der Waals surface area contributed by atoms with E-state index >= 15 is 0 Å². The standard InChI is InChI=1S/C12H8O5S/c13-11-8-5-1-3-7-4-2-6-9(10(7)8)12(11,14)18(15,16)17/h1-6,14H,(H,15,16,17). The molecule has 18 heavy (non-hydrogen) atoms. The van der Waals surface area contributed by atoms with Gasteiger partial charge in [0.15, 0.2) is 0 Å². The Morgan fingerprint density at radius 2 is 1.67 bits per heavy atom. The van der Waals surface area contributed by atoms with Gasteiger partial charge in [0.1, 0.15) is 0 Å². The lowest BCUT2D eigenvalue weighted by Crippen LogP contribution is -2.40. The van der Waals surface area contributed by atoms with Crippen molar-refractivity contribution in [2.75, 3.05) is 0 Å². The normalized spacial score (nSPS) is 22.7. The van der Waals surface area contributed by atoms with Crippen molar-refractivity contribution in [1.29, 1.82) is 0 Å². The number of rotatable bonds is 1. The highest BCUT2D eigenvalue weighted by Gasteiger charge is 2.55. The predicted molar refractivity (Wildman–Crippen MR) is 63.7 cm³/mol. The number of benzene rings is 2. The zero-order chi connectivity index (χ0) is 13.1. The first-order valence-corrected chi connectivity index (χ1v) is 6.58. The first-order valence-electron chi connectivity index (χ1n) is 5.14. The molecule has 0 heterocycles. The van der Waals surface area contributed by atoms with Gasteiger partial charge in [0, 0.05) is 16.5 Å². The van der Waals surface area contributed by atoms with E-state index in [0.29, 0.717) is 10.8 Å². The molecule has 92 valence electrons.